The third-order valence-corrected chi connectivity index (χ3v) is 6.02. The van der Waals surface area contributed by atoms with Crippen LogP contribution in [0.1, 0.15) is 20.8 Å². The van der Waals surface area contributed by atoms with Gasteiger partial charge in [-0.05, 0) is 29.8 Å². The number of hydrogen-bond acceptors (Lipinski definition) is 6. The highest BCUT2D eigenvalue weighted by Crippen LogP contribution is 2.43. The first-order valence-corrected chi connectivity index (χ1v) is 9.89. The summed E-state index contributed by atoms with van der Waals surface area (Å²) in [7, 11) is 0. The number of carbonyl (C=O) groups is 1. The maximum Gasteiger partial charge on any atom is 0.205 e. The fraction of sp³-hybridized carbons (Fsp3) is 0. The molecule has 4 rings (SSSR count). The van der Waals surface area contributed by atoms with Gasteiger partial charge >= 0.3 is 0 Å². The topological polar surface area (TPSA) is 106 Å². The number of pyridine rings is 1. The second kappa shape index (κ2) is 7.08. The van der Waals surface area contributed by atoms with Gasteiger partial charge in [-0.15, -0.1) is 11.3 Å². The number of nitriles is 1. The van der Waals surface area contributed by atoms with Crippen molar-refractivity contribution < 1.29 is 4.79 Å². The molecule has 0 saturated carbocycles. The van der Waals surface area contributed by atoms with E-state index in [1.165, 1.54) is 11.3 Å². The van der Waals surface area contributed by atoms with Gasteiger partial charge in [0.1, 0.15) is 27.2 Å². The van der Waals surface area contributed by atoms with Gasteiger partial charge in [0, 0.05) is 21.0 Å². The van der Waals surface area contributed by atoms with Crippen molar-refractivity contribution in [3.05, 3.63) is 75.1 Å². The highest BCUT2D eigenvalue weighted by molar-refractivity contribution is 9.10. The van der Waals surface area contributed by atoms with E-state index >= 15 is 0 Å². The molecule has 4 N–H and O–H groups in total. The van der Waals surface area contributed by atoms with Gasteiger partial charge in [0.05, 0.1) is 5.69 Å². The normalized spacial score (nSPS) is 10.7. The number of nitrogens with two attached hydrogens (primary N) is 2. The quantitative estimate of drug-likeness (QED) is 0.429. The molecular weight excluding hydrogens is 436 g/mol. The van der Waals surface area contributed by atoms with Crippen molar-refractivity contribution >= 4 is 54.8 Å². The Balaban J connectivity index is 2.01. The Bertz CT molecular complexity index is 1260. The second-order valence-corrected chi connectivity index (χ2v) is 8.00. The molecule has 2 aromatic heterocycles. The first-order chi connectivity index (χ1) is 13.5. The lowest BCUT2D eigenvalue weighted by molar-refractivity contribution is 0.104. The number of anilines is 2. The van der Waals surface area contributed by atoms with Crippen molar-refractivity contribution in [2.24, 2.45) is 0 Å². The van der Waals surface area contributed by atoms with Crippen LogP contribution >= 0.6 is 27.3 Å². The smallest absolute Gasteiger partial charge is 0.205 e. The average Bonchev–Trinajstić information content (AvgIpc) is 3.03. The molecule has 0 amide bonds. The molecule has 0 aliphatic rings. The maximum absolute atomic E-state index is 13.0. The van der Waals surface area contributed by atoms with Crippen LogP contribution in [-0.4, -0.2) is 10.8 Å². The molecule has 0 radical (unpaired) electrons. The molecule has 0 saturated heterocycles. The first-order valence-electron chi connectivity index (χ1n) is 8.28. The molecule has 136 valence electrons. The predicted octanol–water partition coefficient (Wildman–Crippen LogP) is 4.99. The zero-order chi connectivity index (χ0) is 19.8. The Labute approximate surface area is 173 Å². The molecular formula is C21H13BrN4OS. The van der Waals surface area contributed by atoms with E-state index in [1.54, 1.807) is 24.3 Å². The lowest BCUT2D eigenvalue weighted by Gasteiger charge is -2.09. The number of nitrogen functional groups attached to an aromatic ring is 2. The van der Waals surface area contributed by atoms with Crippen LogP contribution < -0.4 is 11.5 Å². The van der Waals surface area contributed by atoms with Crippen molar-refractivity contribution in [1.82, 2.24) is 4.98 Å². The van der Waals surface area contributed by atoms with E-state index < -0.39 is 0 Å². The van der Waals surface area contributed by atoms with Crippen LogP contribution in [0.5, 0.6) is 0 Å². The van der Waals surface area contributed by atoms with Gasteiger partial charge in [0.15, 0.2) is 0 Å². The second-order valence-electron chi connectivity index (χ2n) is 6.09. The van der Waals surface area contributed by atoms with E-state index in [4.69, 9.17) is 11.5 Å². The highest BCUT2D eigenvalue weighted by Gasteiger charge is 2.24. The van der Waals surface area contributed by atoms with E-state index in [1.807, 2.05) is 30.3 Å². The summed E-state index contributed by atoms with van der Waals surface area (Å²) in [4.78, 5) is 18.3. The Hall–Kier alpha value is -3.21. The van der Waals surface area contributed by atoms with Gasteiger partial charge < -0.3 is 11.5 Å². The number of carbonyl (C=O) groups excluding carboxylic acids is 1. The molecule has 0 spiro atoms. The summed E-state index contributed by atoms with van der Waals surface area (Å²) in [5.74, 6) is -0.0677. The molecule has 0 aliphatic heterocycles. The molecule has 28 heavy (non-hydrogen) atoms. The van der Waals surface area contributed by atoms with E-state index in [0.29, 0.717) is 31.9 Å². The summed E-state index contributed by atoms with van der Waals surface area (Å²) >= 11 is 4.55. The minimum absolute atomic E-state index is 0.123. The lowest BCUT2D eigenvalue weighted by atomic mass is 9.97. The summed E-state index contributed by atoms with van der Waals surface area (Å²) in [6, 6.07) is 18.6. The zero-order valence-electron chi connectivity index (χ0n) is 14.4. The summed E-state index contributed by atoms with van der Waals surface area (Å²) in [6.07, 6.45) is 0. The number of ketones is 1. The third-order valence-electron chi connectivity index (χ3n) is 4.39. The summed E-state index contributed by atoms with van der Waals surface area (Å²) in [5, 5.41) is 10.2. The molecule has 0 fully saturated rings. The number of rotatable bonds is 3. The van der Waals surface area contributed by atoms with Gasteiger partial charge in [0.25, 0.3) is 0 Å². The minimum atomic E-state index is -0.191. The average molecular weight is 449 g/mol. The van der Waals surface area contributed by atoms with Crippen LogP contribution in [0.15, 0.2) is 59.1 Å². The van der Waals surface area contributed by atoms with Crippen LogP contribution in [0.2, 0.25) is 0 Å². The van der Waals surface area contributed by atoms with Crippen LogP contribution in [0.3, 0.4) is 0 Å². The fourth-order valence-electron chi connectivity index (χ4n) is 3.08. The number of nitrogens with zero attached hydrogens (tertiary/aromatic N) is 2. The van der Waals surface area contributed by atoms with Gasteiger partial charge in [-0.1, -0.05) is 46.3 Å². The van der Waals surface area contributed by atoms with E-state index in [9.17, 15) is 10.1 Å². The van der Waals surface area contributed by atoms with Crippen molar-refractivity contribution in [1.29, 1.82) is 5.26 Å². The minimum Gasteiger partial charge on any atom is -0.397 e. The number of aromatic nitrogens is 1. The lowest BCUT2D eigenvalue weighted by Crippen LogP contribution is -2.02. The van der Waals surface area contributed by atoms with Crippen LogP contribution in [0, 0.1) is 11.3 Å². The zero-order valence-corrected chi connectivity index (χ0v) is 16.8. The van der Waals surface area contributed by atoms with Gasteiger partial charge in [0.2, 0.25) is 5.78 Å². The number of fused-ring (bicyclic) bond motifs is 1. The standard InChI is InChI=1S/C21H13BrN4OS/c22-13-8-6-12(7-9-13)18(27)19-17(24)16-15(11-4-2-1-3-5-11)14(10-23)20(25)26-21(16)28-19/h1-9H,24H2,(H2,25,26). The summed E-state index contributed by atoms with van der Waals surface area (Å²) < 4.78 is 0.882. The largest absolute Gasteiger partial charge is 0.397 e. The number of thiophene rings is 1. The SMILES string of the molecule is N#Cc1c(N)nc2sc(C(=O)c3ccc(Br)cc3)c(N)c2c1-c1ccccc1. The van der Waals surface area contributed by atoms with E-state index in [0.717, 1.165) is 10.0 Å². The van der Waals surface area contributed by atoms with E-state index in [-0.39, 0.29) is 17.2 Å². The molecule has 4 aromatic rings. The van der Waals surface area contributed by atoms with Gasteiger partial charge in [-0.3, -0.25) is 4.79 Å². The number of hydrogen-bond donors (Lipinski definition) is 2. The predicted molar refractivity (Wildman–Crippen MR) is 116 cm³/mol. The fourth-order valence-corrected chi connectivity index (χ4v) is 4.42. The molecule has 7 heteroatoms. The Kier molecular flexibility index (Phi) is 4.59. The summed E-state index contributed by atoms with van der Waals surface area (Å²) in [5.41, 5.74) is 14.9. The molecule has 0 bridgehead atoms. The van der Waals surface area contributed by atoms with E-state index in [2.05, 4.69) is 27.0 Å². The van der Waals surface area contributed by atoms with Crippen molar-refractivity contribution in [3.63, 3.8) is 0 Å². The molecule has 0 aliphatic carbocycles. The van der Waals surface area contributed by atoms with Crippen LogP contribution in [0.25, 0.3) is 21.3 Å². The van der Waals surface area contributed by atoms with Crippen LogP contribution in [0.4, 0.5) is 11.5 Å². The Morgan fingerprint density at radius 2 is 1.75 bits per heavy atom. The molecule has 5 nitrogen and oxygen atoms in total. The highest BCUT2D eigenvalue weighted by atomic mass is 79.9. The third kappa shape index (κ3) is 2.93. The van der Waals surface area contributed by atoms with Crippen LogP contribution in [-0.2, 0) is 0 Å². The molecule has 2 heterocycles. The Morgan fingerprint density at radius 1 is 1.07 bits per heavy atom. The Morgan fingerprint density at radius 3 is 2.39 bits per heavy atom. The number of halogens is 1. The molecule has 0 unspecified atom stereocenters. The van der Waals surface area contributed by atoms with Crippen molar-refractivity contribution in [2.45, 2.75) is 0 Å². The van der Waals surface area contributed by atoms with Crippen molar-refractivity contribution in [2.75, 3.05) is 11.5 Å². The summed E-state index contributed by atoms with van der Waals surface area (Å²) in [6.45, 7) is 0. The van der Waals surface area contributed by atoms with Crippen molar-refractivity contribution in [3.8, 4) is 17.2 Å². The van der Waals surface area contributed by atoms with Gasteiger partial charge in [-0.2, -0.15) is 5.26 Å². The number of benzene rings is 2. The van der Waals surface area contributed by atoms with Gasteiger partial charge in [-0.25, -0.2) is 4.98 Å². The molecule has 0 atom stereocenters. The monoisotopic (exact) mass is 448 g/mol. The molecule has 2 aromatic carbocycles. The first kappa shape index (κ1) is 18.2. The maximum atomic E-state index is 13.0.